The third kappa shape index (κ3) is 4.99. The zero-order chi connectivity index (χ0) is 12.5. The lowest BCUT2D eigenvalue weighted by atomic mass is 10.3. The topological polar surface area (TPSA) is 70.1 Å². The quantitative estimate of drug-likeness (QED) is 0.642. The number of aromatic nitrogens is 2. The minimum atomic E-state index is 0.102. The Kier molecular flexibility index (Phi) is 6.32. The van der Waals surface area contributed by atoms with Gasteiger partial charge in [-0.15, -0.1) is 0 Å². The summed E-state index contributed by atoms with van der Waals surface area (Å²) in [7, 11) is 0. The van der Waals surface area contributed by atoms with Crippen molar-refractivity contribution in [2.45, 2.75) is 33.1 Å². The predicted octanol–water partition coefficient (Wildman–Crippen LogP) is 1.66. The van der Waals surface area contributed by atoms with Gasteiger partial charge in [0, 0.05) is 25.6 Å². The SMILES string of the molecule is CCCNc1cc(NCCO)nc(CCC)n1. The molecule has 0 aliphatic heterocycles. The van der Waals surface area contributed by atoms with Crippen molar-refractivity contribution in [1.29, 1.82) is 0 Å². The summed E-state index contributed by atoms with van der Waals surface area (Å²) in [6.07, 6.45) is 2.96. The standard InChI is InChI=1S/C12H22N4O/c1-3-5-10-15-11(13-6-4-2)9-12(16-10)14-7-8-17/h9,17H,3-8H2,1-2H3,(H2,13,14,15,16). The van der Waals surface area contributed by atoms with Gasteiger partial charge in [-0.3, -0.25) is 0 Å². The van der Waals surface area contributed by atoms with Gasteiger partial charge in [-0.05, 0) is 12.8 Å². The number of anilines is 2. The minimum Gasteiger partial charge on any atom is -0.395 e. The van der Waals surface area contributed by atoms with Crippen molar-refractivity contribution in [2.24, 2.45) is 0 Å². The number of nitrogens with zero attached hydrogens (tertiary/aromatic N) is 2. The molecule has 3 N–H and O–H groups in total. The maximum Gasteiger partial charge on any atom is 0.133 e. The number of rotatable bonds is 8. The molecule has 0 spiro atoms. The van der Waals surface area contributed by atoms with Gasteiger partial charge in [0.05, 0.1) is 6.61 Å². The van der Waals surface area contributed by atoms with Crippen LogP contribution in [0.3, 0.4) is 0 Å². The summed E-state index contributed by atoms with van der Waals surface area (Å²) in [6, 6.07) is 1.88. The summed E-state index contributed by atoms with van der Waals surface area (Å²) in [5.41, 5.74) is 0. The van der Waals surface area contributed by atoms with Crippen molar-refractivity contribution in [1.82, 2.24) is 9.97 Å². The molecule has 1 aromatic heterocycles. The molecule has 96 valence electrons. The number of hydrogen-bond donors (Lipinski definition) is 3. The smallest absolute Gasteiger partial charge is 0.133 e. The third-order valence-corrected chi connectivity index (χ3v) is 2.22. The van der Waals surface area contributed by atoms with Gasteiger partial charge in [0.1, 0.15) is 17.5 Å². The lowest BCUT2D eigenvalue weighted by Gasteiger charge is -2.10. The van der Waals surface area contributed by atoms with Gasteiger partial charge in [-0.1, -0.05) is 13.8 Å². The van der Waals surface area contributed by atoms with E-state index in [9.17, 15) is 0 Å². The Morgan fingerprint density at radius 3 is 2.24 bits per heavy atom. The maximum atomic E-state index is 8.79. The van der Waals surface area contributed by atoms with Gasteiger partial charge in [0.2, 0.25) is 0 Å². The van der Waals surface area contributed by atoms with E-state index in [0.717, 1.165) is 43.3 Å². The molecule has 5 nitrogen and oxygen atoms in total. The monoisotopic (exact) mass is 238 g/mol. The highest BCUT2D eigenvalue weighted by atomic mass is 16.3. The van der Waals surface area contributed by atoms with Gasteiger partial charge in [0.15, 0.2) is 0 Å². The number of aliphatic hydroxyl groups is 1. The van der Waals surface area contributed by atoms with Crippen LogP contribution >= 0.6 is 0 Å². The lowest BCUT2D eigenvalue weighted by Crippen LogP contribution is -2.11. The van der Waals surface area contributed by atoms with Crippen molar-refractivity contribution >= 4 is 11.6 Å². The van der Waals surface area contributed by atoms with E-state index >= 15 is 0 Å². The highest BCUT2D eigenvalue weighted by Gasteiger charge is 2.03. The molecule has 0 aliphatic carbocycles. The average molecular weight is 238 g/mol. The molecule has 0 radical (unpaired) electrons. The van der Waals surface area contributed by atoms with Crippen molar-refractivity contribution in [3.05, 3.63) is 11.9 Å². The van der Waals surface area contributed by atoms with E-state index in [2.05, 4.69) is 34.4 Å². The molecular formula is C12H22N4O. The fourth-order valence-electron chi connectivity index (χ4n) is 1.45. The Labute approximate surface area is 103 Å². The van der Waals surface area contributed by atoms with Crippen molar-refractivity contribution in [3.63, 3.8) is 0 Å². The van der Waals surface area contributed by atoms with Crippen LogP contribution in [0.4, 0.5) is 11.6 Å². The van der Waals surface area contributed by atoms with E-state index in [0.29, 0.717) is 6.54 Å². The van der Waals surface area contributed by atoms with Crippen LogP contribution in [0, 0.1) is 0 Å². The van der Waals surface area contributed by atoms with E-state index in [4.69, 9.17) is 5.11 Å². The minimum absolute atomic E-state index is 0.102. The van der Waals surface area contributed by atoms with Crippen LogP contribution < -0.4 is 10.6 Å². The molecule has 0 saturated carbocycles. The Morgan fingerprint density at radius 1 is 1.06 bits per heavy atom. The molecule has 0 amide bonds. The summed E-state index contributed by atoms with van der Waals surface area (Å²) in [5, 5.41) is 15.1. The fourth-order valence-corrected chi connectivity index (χ4v) is 1.45. The largest absolute Gasteiger partial charge is 0.395 e. The van der Waals surface area contributed by atoms with Crippen LogP contribution in [0.25, 0.3) is 0 Å². The molecule has 0 atom stereocenters. The maximum absolute atomic E-state index is 8.79. The van der Waals surface area contributed by atoms with Crippen LogP contribution in [-0.2, 0) is 6.42 Å². The normalized spacial score (nSPS) is 10.3. The molecule has 0 fully saturated rings. The van der Waals surface area contributed by atoms with E-state index in [1.54, 1.807) is 0 Å². The Bertz CT molecular complexity index is 304. The summed E-state index contributed by atoms with van der Waals surface area (Å²) in [4.78, 5) is 8.84. The van der Waals surface area contributed by atoms with Gasteiger partial charge >= 0.3 is 0 Å². The van der Waals surface area contributed by atoms with Gasteiger partial charge in [0.25, 0.3) is 0 Å². The van der Waals surface area contributed by atoms with Crippen LogP contribution in [-0.4, -0.2) is 34.8 Å². The second-order valence-electron chi connectivity index (χ2n) is 3.88. The first-order valence-corrected chi connectivity index (χ1v) is 6.26. The molecule has 0 saturated heterocycles. The van der Waals surface area contributed by atoms with Crippen LogP contribution in [0.1, 0.15) is 32.5 Å². The molecular weight excluding hydrogens is 216 g/mol. The zero-order valence-electron chi connectivity index (χ0n) is 10.7. The van der Waals surface area contributed by atoms with Crippen molar-refractivity contribution in [3.8, 4) is 0 Å². The molecule has 0 aliphatic rings. The van der Waals surface area contributed by atoms with E-state index in [-0.39, 0.29) is 6.61 Å². The lowest BCUT2D eigenvalue weighted by molar-refractivity contribution is 0.311. The molecule has 1 rings (SSSR count). The van der Waals surface area contributed by atoms with Crippen LogP contribution in [0.15, 0.2) is 6.07 Å². The zero-order valence-corrected chi connectivity index (χ0v) is 10.7. The Morgan fingerprint density at radius 2 is 1.71 bits per heavy atom. The summed E-state index contributed by atoms with van der Waals surface area (Å²) >= 11 is 0. The number of aryl methyl sites for hydroxylation is 1. The highest BCUT2D eigenvalue weighted by molar-refractivity contribution is 5.47. The molecule has 0 unspecified atom stereocenters. The first-order valence-electron chi connectivity index (χ1n) is 6.26. The summed E-state index contributed by atoms with van der Waals surface area (Å²) < 4.78 is 0. The predicted molar refractivity (Wildman–Crippen MR) is 70.4 cm³/mol. The van der Waals surface area contributed by atoms with Gasteiger partial charge < -0.3 is 15.7 Å². The fraction of sp³-hybridized carbons (Fsp3) is 0.667. The van der Waals surface area contributed by atoms with Crippen molar-refractivity contribution < 1.29 is 5.11 Å². The molecule has 0 bridgehead atoms. The van der Waals surface area contributed by atoms with Crippen molar-refractivity contribution in [2.75, 3.05) is 30.3 Å². The van der Waals surface area contributed by atoms with Crippen LogP contribution in [0.5, 0.6) is 0 Å². The van der Waals surface area contributed by atoms with Gasteiger partial charge in [-0.25, -0.2) is 9.97 Å². The molecule has 1 aromatic rings. The number of aliphatic hydroxyl groups excluding tert-OH is 1. The Hall–Kier alpha value is -1.36. The second-order valence-corrected chi connectivity index (χ2v) is 3.88. The molecule has 5 heteroatoms. The molecule has 0 aromatic carbocycles. The van der Waals surface area contributed by atoms with Gasteiger partial charge in [-0.2, -0.15) is 0 Å². The second kappa shape index (κ2) is 7.84. The van der Waals surface area contributed by atoms with Crippen LogP contribution in [0.2, 0.25) is 0 Å². The number of nitrogens with one attached hydrogen (secondary N) is 2. The van der Waals surface area contributed by atoms with E-state index in [1.807, 2.05) is 6.07 Å². The molecule has 1 heterocycles. The number of hydrogen-bond acceptors (Lipinski definition) is 5. The van der Waals surface area contributed by atoms with E-state index in [1.165, 1.54) is 0 Å². The summed E-state index contributed by atoms with van der Waals surface area (Å²) in [5.74, 6) is 2.47. The summed E-state index contributed by atoms with van der Waals surface area (Å²) in [6.45, 7) is 5.74. The molecule has 17 heavy (non-hydrogen) atoms. The first-order chi connectivity index (χ1) is 8.30. The Balaban J connectivity index is 2.76. The first kappa shape index (κ1) is 13.7. The highest BCUT2D eigenvalue weighted by Crippen LogP contribution is 2.12. The van der Waals surface area contributed by atoms with E-state index < -0.39 is 0 Å². The average Bonchev–Trinajstić information content (AvgIpc) is 2.34. The third-order valence-electron chi connectivity index (χ3n) is 2.22.